The lowest BCUT2D eigenvalue weighted by Crippen LogP contribution is -2.33. The van der Waals surface area contributed by atoms with E-state index in [2.05, 4.69) is 18.2 Å². The lowest BCUT2D eigenvalue weighted by atomic mass is 9.87. The van der Waals surface area contributed by atoms with Gasteiger partial charge in [-0.05, 0) is 52.6 Å². The van der Waals surface area contributed by atoms with Gasteiger partial charge in [0.2, 0.25) is 6.79 Å². The van der Waals surface area contributed by atoms with E-state index in [1.54, 1.807) is 0 Å². The Morgan fingerprint density at radius 2 is 1.52 bits per heavy atom. The number of carbonyl (C=O) groups excluding carboxylic acids is 1. The first-order valence-corrected chi connectivity index (χ1v) is 10.3. The topological polar surface area (TPSA) is 38.8 Å². The number of rotatable bonds is 2. The van der Waals surface area contributed by atoms with Gasteiger partial charge >= 0.3 is 0 Å². The van der Waals surface area contributed by atoms with Crippen LogP contribution in [0.3, 0.4) is 0 Å². The molecule has 1 amide bonds. The van der Waals surface area contributed by atoms with E-state index < -0.39 is 0 Å². The van der Waals surface area contributed by atoms with Gasteiger partial charge in [0.25, 0.3) is 5.91 Å². The summed E-state index contributed by atoms with van der Waals surface area (Å²) in [5.74, 6) is 1.51. The summed E-state index contributed by atoms with van der Waals surface area (Å²) in [4.78, 5) is 15.3. The van der Waals surface area contributed by atoms with Crippen LogP contribution in [0.25, 0.3) is 22.3 Å². The number of carbonyl (C=O) groups is 1. The molecule has 4 heteroatoms. The molecule has 0 unspecified atom stereocenters. The average molecular weight is 405 g/mol. The molecule has 4 nitrogen and oxygen atoms in total. The Bertz CT molecular complexity index is 1310. The van der Waals surface area contributed by atoms with Gasteiger partial charge in [-0.3, -0.25) is 4.79 Å². The molecule has 2 aliphatic heterocycles. The smallest absolute Gasteiger partial charge is 0.258 e. The molecule has 0 aromatic heterocycles. The van der Waals surface area contributed by atoms with Crippen LogP contribution in [0.1, 0.15) is 15.9 Å². The second-order valence-corrected chi connectivity index (χ2v) is 7.68. The van der Waals surface area contributed by atoms with Gasteiger partial charge in [0.05, 0.1) is 12.2 Å². The minimum absolute atomic E-state index is 0.000750. The fourth-order valence-corrected chi connectivity index (χ4v) is 4.43. The van der Waals surface area contributed by atoms with Crippen molar-refractivity contribution in [2.75, 3.05) is 11.7 Å². The zero-order chi connectivity index (χ0) is 20.8. The molecule has 0 aliphatic carbocycles. The van der Waals surface area contributed by atoms with E-state index >= 15 is 0 Å². The third-order valence-corrected chi connectivity index (χ3v) is 5.90. The number of hydrogen-bond acceptors (Lipinski definition) is 3. The van der Waals surface area contributed by atoms with E-state index in [1.165, 1.54) is 0 Å². The van der Waals surface area contributed by atoms with Gasteiger partial charge in [-0.2, -0.15) is 0 Å². The van der Waals surface area contributed by atoms with E-state index in [9.17, 15) is 4.79 Å². The van der Waals surface area contributed by atoms with Gasteiger partial charge in [0.15, 0.2) is 11.5 Å². The Kier molecular flexibility index (Phi) is 4.03. The van der Waals surface area contributed by atoms with E-state index in [4.69, 9.17) is 9.47 Å². The maximum absolute atomic E-state index is 13.5. The maximum atomic E-state index is 13.5. The lowest BCUT2D eigenvalue weighted by Gasteiger charge is -2.33. The van der Waals surface area contributed by atoms with Crippen LogP contribution in [0, 0.1) is 0 Å². The first kappa shape index (κ1) is 17.8. The number of amides is 1. The first-order valence-electron chi connectivity index (χ1n) is 10.3. The molecule has 31 heavy (non-hydrogen) atoms. The van der Waals surface area contributed by atoms with Crippen LogP contribution >= 0.6 is 0 Å². The monoisotopic (exact) mass is 405 g/mol. The fourth-order valence-electron chi connectivity index (χ4n) is 4.43. The third-order valence-electron chi connectivity index (χ3n) is 5.90. The average Bonchev–Trinajstić information content (AvgIpc) is 3.31. The van der Waals surface area contributed by atoms with Crippen molar-refractivity contribution in [3.63, 3.8) is 0 Å². The molecule has 0 saturated carbocycles. The largest absolute Gasteiger partial charge is 0.454 e. The van der Waals surface area contributed by atoms with Crippen molar-refractivity contribution in [2.24, 2.45) is 0 Å². The van der Waals surface area contributed by atoms with E-state index in [0.717, 1.165) is 45.0 Å². The SMILES string of the molecule is O=C(c1ccccc1)N1Cc2ccccc2-c2c(-c3ccc4c(c3)OCO4)cccc21. The van der Waals surface area contributed by atoms with E-state index in [0.29, 0.717) is 12.1 Å². The van der Waals surface area contributed by atoms with Crippen molar-refractivity contribution < 1.29 is 14.3 Å². The molecule has 0 saturated heterocycles. The van der Waals surface area contributed by atoms with Crippen LogP contribution < -0.4 is 14.4 Å². The summed E-state index contributed by atoms with van der Waals surface area (Å²) in [5.41, 5.74) is 7.05. The second-order valence-electron chi connectivity index (χ2n) is 7.68. The van der Waals surface area contributed by atoms with Gasteiger partial charge in [0.1, 0.15) is 0 Å². The molecule has 0 radical (unpaired) electrons. The molecule has 0 bridgehead atoms. The number of benzene rings is 4. The highest BCUT2D eigenvalue weighted by Crippen LogP contribution is 2.46. The molecule has 2 heterocycles. The Morgan fingerprint density at radius 3 is 2.42 bits per heavy atom. The van der Waals surface area contributed by atoms with Gasteiger partial charge in [-0.15, -0.1) is 0 Å². The first-order chi connectivity index (χ1) is 15.3. The third kappa shape index (κ3) is 2.88. The summed E-state index contributed by atoms with van der Waals surface area (Å²) >= 11 is 0. The van der Waals surface area contributed by atoms with Crippen molar-refractivity contribution in [3.05, 3.63) is 102 Å². The predicted molar refractivity (Wildman–Crippen MR) is 120 cm³/mol. The minimum Gasteiger partial charge on any atom is -0.454 e. The fraction of sp³-hybridized carbons (Fsp3) is 0.0741. The van der Waals surface area contributed by atoms with Crippen LogP contribution in [0.2, 0.25) is 0 Å². The molecule has 4 aromatic rings. The molecule has 4 aromatic carbocycles. The Labute approximate surface area is 180 Å². The highest BCUT2D eigenvalue weighted by Gasteiger charge is 2.29. The maximum Gasteiger partial charge on any atom is 0.258 e. The number of hydrogen-bond donors (Lipinski definition) is 0. The predicted octanol–water partition coefficient (Wildman–Crippen LogP) is 5.91. The summed E-state index contributed by atoms with van der Waals surface area (Å²) in [5, 5.41) is 0. The zero-order valence-corrected chi connectivity index (χ0v) is 16.7. The number of anilines is 1. The van der Waals surface area contributed by atoms with Crippen molar-refractivity contribution >= 4 is 11.6 Å². The van der Waals surface area contributed by atoms with Crippen LogP contribution in [-0.4, -0.2) is 12.7 Å². The van der Waals surface area contributed by atoms with Crippen LogP contribution in [0.4, 0.5) is 5.69 Å². The number of fused-ring (bicyclic) bond motifs is 4. The molecule has 0 fully saturated rings. The summed E-state index contributed by atoms with van der Waals surface area (Å²) in [6.07, 6.45) is 0. The van der Waals surface area contributed by atoms with Gasteiger partial charge in [0, 0.05) is 11.1 Å². The molecular formula is C27H19NO3. The molecule has 2 aliphatic rings. The van der Waals surface area contributed by atoms with Gasteiger partial charge in [-0.25, -0.2) is 0 Å². The van der Waals surface area contributed by atoms with Crippen molar-refractivity contribution in [3.8, 4) is 33.8 Å². The molecule has 0 atom stereocenters. The molecular weight excluding hydrogens is 386 g/mol. The normalized spacial score (nSPS) is 13.5. The van der Waals surface area contributed by atoms with Crippen molar-refractivity contribution in [1.29, 1.82) is 0 Å². The number of ether oxygens (including phenoxy) is 2. The molecule has 150 valence electrons. The number of nitrogens with zero attached hydrogens (tertiary/aromatic N) is 1. The highest BCUT2D eigenvalue weighted by molar-refractivity contribution is 6.11. The van der Waals surface area contributed by atoms with E-state index in [-0.39, 0.29) is 12.7 Å². The van der Waals surface area contributed by atoms with Crippen LogP contribution in [0.5, 0.6) is 11.5 Å². The molecule has 0 spiro atoms. The summed E-state index contributed by atoms with van der Waals surface area (Å²) in [6, 6.07) is 29.9. The van der Waals surface area contributed by atoms with Gasteiger partial charge in [-0.1, -0.05) is 60.7 Å². The Balaban J connectivity index is 1.55. The van der Waals surface area contributed by atoms with E-state index in [1.807, 2.05) is 77.7 Å². The standard InChI is InChI=1S/C27H19NO3/c29-27(18-7-2-1-3-8-18)28-16-20-9-4-5-10-22(20)26-21(11-6-12-23(26)28)19-13-14-24-25(15-19)31-17-30-24/h1-15H,16-17H2. The zero-order valence-electron chi connectivity index (χ0n) is 16.7. The Morgan fingerprint density at radius 1 is 0.742 bits per heavy atom. The lowest BCUT2D eigenvalue weighted by molar-refractivity contribution is 0.0985. The molecule has 0 N–H and O–H groups in total. The Hall–Kier alpha value is -4.05. The summed E-state index contributed by atoms with van der Waals surface area (Å²) in [6.45, 7) is 0.787. The summed E-state index contributed by atoms with van der Waals surface area (Å²) < 4.78 is 11.1. The quantitative estimate of drug-likeness (QED) is 0.416. The summed E-state index contributed by atoms with van der Waals surface area (Å²) in [7, 11) is 0. The van der Waals surface area contributed by atoms with Gasteiger partial charge < -0.3 is 14.4 Å². The highest BCUT2D eigenvalue weighted by atomic mass is 16.7. The molecule has 6 rings (SSSR count). The second kappa shape index (κ2) is 7.03. The van der Waals surface area contributed by atoms with Crippen molar-refractivity contribution in [1.82, 2.24) is 0 Å². The van der Waals surface area contributed by atoms with Crippen LogP contribution in [0.15, 0.2) is 91.0 Å². The van der Waals surface area contributed by atoms with Crippen LogP contribution in [-0.2, 0) is 6.54 Å². The van der Waals surface area contributed by atoms with Crippen molar-refractivity contribution in [2.45, 2.75) is 6.54 Å². The minimum atomic E-state index is -0.000750.